The van der Waals surface area contributed by atoms with E-state index < -0.39 is 0 Å². The van der Waals surface area contributed by atoms with Gasteiger partial charge in [-0.2, -0.15) is 0 Å². The molecule has 0 fully saturated rings. The van der Waals surface area contributed by atoms with Crippen LogP contribution >= 0.6 is 22.1 Å². The Balaban J connectivity index is -0.00000000500. The van der Waals surface area contributed by atoms with Crippen molar-refractivity contribution in [3.63, 3.8) is 0 Å². The fourth-order valence-electron chi connectivity index (χ4n) is 0. The fraction of sp³-hybridized carbons (Fsp3) is 0. The molecule has 0 unspecified atom stereocenters. The Morgan fingerprint density at radius 1 is 1.25 bits per heavy atom. The third-order valence-electron chi connectivity index (χ3n) is 0. The maximum absolute atomic E-state index is 4.76. The van der Waals surface area contributed by atoms with Gasteiger partial charge in [0.1, 0.15) is 0 Å². The van der Waals surface area contributed by atoms with E-state index in [0.717, 1.165) is 17.3 Å². The van der Waals surface area contributed by atoms with Gasteiger partial charge in [0.05, 0.1) is 0 Å². The van der Waals surface area contributed by atoms with Crippen molar-refractivity contribution in [1.82, 2.24) is 6.15 Å². The van der Waals surface area contributed by atoms with E-state index in [-0.39, 0.29) is 18.6 Å². The summed E-state index contributed by atoms with van der Waals surface area (Å²) in [6.07, 6.45) is 0. The minimum absolute atomic E-state index is 0. The first-order valence-corrected chi connectivity index (χ1v) is 4.17. The zero-order chi connectivity index (χ0) is 2.00. The Bertz CT molecular complexity index is 6.00. The van der Waals surface area contributed by atoms with Gasteiger partial charge in [-0.05, 0) is 0 Å². The predicted octanol–water partition coefficient (Wildman–Crippen LogP) is 1.27. The molecule has 0 rings (SSSR count). The molecule has 0 spiro atoms. The molecule has 4 heteroatoms. The summed E-state index contributed by atoms with van der Waals surface area (Å²) in [5, 5.41) is 0. The number of hydrogen-bond acceptors (Lipinski definition) is 1. The standard InChI is InChI=1S/2ClH.H3N.Zn/h2*1H;1H3;/q;;;+1/p-1. The molecule has 0 aliphatic rings. The average Bonchev–Trinajstić information content (AvgIpc) is 1.00. The Kier molecular flexibility index (Phi) is 147. The molecule has 0 amide bonds. The van der Waals surface area contributed by atoms with Crippen molar-refractivity contribution < 1.29 is 17.3 Å². The molecule has 0 radical (unpaired) electrons. The average molecular weight is 154 g/mol. The maximum atomic E-state index is 4.76. The van der Waals surface area contributed by atoms with Gasteiger partial charge in [-0.15, -0.1) is 12.4 Å². The molecule has 25 valence electrons. The molecule has 0 aliphatic heterocycles. The number of halogens is 2. The van der Waals surface area contributed by atoms with Gasteiger partial charge in [-0.3, -0.25) is 0 Å². The van der Waals surface area contributed by atoms with Crippen LogP contribution in [-0.4, -0.2) is 0 Å². The minimum atomic E-state index is 0. The summed E-state index contributed by atoms with van der Waals surface area (Å²) >= 11 is 0.847. The Morgan fingerprint density at radius 2 is 1.25 bits per heavy atom. The monoisotopic (exact) mass is 152 g/mol. The molecule has 0 saturated heterocycles. The van der Waals surface area contributed by atoms with Gasteiger partial charge in [0, 0.05) is 0 Å². The van der Waals surface area contributed by atoms with Gasteiger partial charge in [0.2, 0.25) is 0 Å². The van der Waals surface area contributed by atoms with Crippen LogP contribution in [0.25, 0.3) is 0 Å². The second-order valence-electron chi connectivity index (χ2n) is 0. The van der Waals surface area contributed by atoms with E-state index in [0.29, 0.717) is 0 Å². The van der Waals surface area contributed by atoms with Gasteiger partial charge in [-0.1, -0.05) is 0 Å². The molecule has 0 saturated carbocycles. The molecule has 0 bridgehead atoms. The Hall–Kier alpha value is 1.16. The van der Waals surface area contributed by atoms with Gasteiger partial charge < -0.3 is 6.15 Å². The molecule has 0 aromatic rings. The van der Waals surface area contributed by atoms with Gasteiger partial charge in [0.15, 0.2) is 0 Å². The Labute approximate surface area is 45.8 Å². The molecular formula is H4Cl2NZn. The van der Waals surface area contributed by atoms with Crippen molar-refractivity contribution in [2.45, 2.75) is 0 Å². The van der Waals surface area contributed by atoms with E-state index in [1.54, 1.807) is 0 Å². The van der Waals surface area contributed by atoms with Gasteiger partial charge in [-0.25, -0.2) is 0 Å². The van der Waals surface area contributed by atoms with E-state index in [2.05, 4.69) is 0 Å². The summed E-state index contributed by atoms with van der Waals surface area (Å²) in [7, 11) is 4.76. The van der Waals surface area contributed by atoms with Crippen LogP contribution < -0.4 is 6.15 Å². The second kappa shape index (κ2) is 30.8. The molecular weight excluding hydrogens is 150 g/mol. The van der Waals surface area contributed by atoms with Crippen molar-refractivity contribution >= 4 is 22.1 Å². The fourth-order valence-corrected chi connectivity index (χ4v) is 0. The van der Waals surface area contributed by atoms with Crippen molar-refractivity contribution in [2.24, 2.45) is 0 Å². The molecule has 1 nitrogen and oxygen atoms in total. The summed E-state index contributed by atoms with van der Waals surface area (Å²) in [5.74, 6) is 0. The summed E-state index contributed by atoms with van der Waals surface area (Å²) in [6, 6.07) is 0. The van der Waals surface area contributed by atoms with Crippen molar-refractivity contribution in [2.75, 3.05) is 0 Å². The molecule has 0 atom stereocenters. The molecule has 0 aromatic heterocycles. The van der Waals surface area contributed by atoms with E-state index >= 15 is 0 Å². The topological polar surface area (TPSA) is 35.0 Å². The summed E-state index contributed by atoms with van der Waals surface area (Å²) in [4.78, 5) is 0. The van der Waals surface area contributed by atoms with Crippen LogP contribution in [0.15, 0.2) is 0 Å². The summed E-state index contributed by atoms with van der Waals surface area (Å²) in [6.45, 7) is 0. The van der Waals surface area contributed by atoms with Gasteiger partial charge >= 0.3 is 27.0 Å². The molecule has 0 aliphatic carbocycles. The predicted molar refractivity (Wildman–Crippen MR) is 18.1 cm³/mol. The van der Waals surface area contributed by atoms with Crippen molar-refractivity contribution in [3.05, 3.63) is 0 Å². The quantitative estimate of drug-likeness (QED) is 0.524. The number of rotatable bonds is 0. The molecule has 3 N–H and O–H groups in total. The second-order valence-corrected chi connectivity index (χ2v) is 0. The molecule has 0 heterocycles. The third kappa shape index (κ3) is 10.9. The number of hydrogen-bond donors (Lipinski definition) is 1. The molecule has 0 aromatic carbocycles. The summed E-state index contributed by atoms with van der Waals surface area (Å²) in [5.41, 5.74) is 0. The van der Waals surface area contributed by atoms with Crippen LogP contribution in [0.2, 0.25) is 0 Å². The van der Waals surface area contributed by atoms with E-state index in [1.807, 2.05) is 0 Å². The zero-order valence-corrected chi connectivity index (χ0v) is 6.74. The van der Waals surface area contributed by atoms with Gasteiger partial charge in [0.25, 0.3) is 0 Å². The first kappa shape index (κ1) is 19.1. The molecule has 4 heavy (non-hydrogen) atoms. The first-order chi connectivity index (χ1) is 1.00. The zero-order valence-electron chi connectivity index (χ0n) is 2.20. The van der Waals surface area contributed by atoms with Crippen LogP contribution in [0.5, 0.6) is 0 Å². The van der Waals surface area contributed by atoms with E-state index in [4.69, 9.17) is 9.69 Å². The van der Waals surface area contributed by atoms with E-state index in [1.165, 1.54) is 0 Å². The van der Waals surface area contributed by atoms with Crippen molar-refractivity contribution in [3.8, 4) is 0 Å². The van der Waals surface area contributed by atoms with Crippen molar-refractivity contribution in [1.29, 1.82) is 0 Å². The first-order valence-electron chi connectivity index (χ1n) is 0.267. The van der Waals surface area contributed by atoms with Crippen LogP contribution in [0, 0.1) is 0 Å². The van der Waals surface area contributed by atoms with Crippen LogP contribution in [0.1, 0.15) is 0 Å². The SMILES string of the molecule is Cl.N.[Cl][Zn]. The van der Waals surface area contributed by atoms with Crippen LogP contribution in [-0.2, 0) is 17.3 Å². The van der Waals surface area contributed by atoms with Crippen LogP contribution in [0.4, 0.5) is 0 Å². The Morgan fingerprint density at radius 3 is 1.25 bits per heavy atom. The summed E-state index contributed by atoms with van der Waals surface area (Å²) < 4.78 is 0. The van der Waals surface area contributed by atoms with E-state index in [9.17, 15) is 0 Å². The van der Waals surface area contributed by atoms with Crippen LogP contribution in [0.3, 0.4) is 0 Å². The normalized spacial score (nSPS) is 1.75. The third-order valence-corrected chi connectivity index (χ3v) is 0.